The number of H-pyrrole nitrogens is 1. The molecule has 0 spiro atoms. The van der Waals surface area contributed by atoms with E-state index in [-0.39, 0.29) is 5.43 Å². The normalized spacial score (nSPS) is 9.77. The van der Waals surface area contributed by atoms with E-state index in [9.17, 15) is 4.79 Å². The van der Waals surface area contributed by atoms with Crippen molar-refractivity contribution in [2.45, 2.75) is 0 Å². The molecule has 1 N–H and O–H groups in total. The van der Waals surface area contributed by atoms with Crippen LogP contribution in [0.5, 0.6) is 0 Å². The summed E-state index contributed by atoms with van der Waals surface area (Å²) >= 11 is 0. The Hall–Kier alpha value is -2.01. The van der Waals surface area contributed by atoms with Crippen LogP contribution in [0.3, 0.4) is 0 Å². The summed E-state index contributed by atoms with van der Waals surface area (Å²) in [5.41, 5.74) is 1.40. The quantitative estimate of drug-likeness (QED) is 0.591. The molecule has 0 amide bonds. The fraction of sp³-hybridized carbons (Fsp3) is 0. The standard InChI is InChI=1S/C11H6NO/c1-2-8-3-4-10-9(7-8)11(13)5-6-12-10/h1,3-5,7H,(H,12,13). The van der Waals surface area contributed by atoms with E-state index in [4.69, 9.17) is 6.42 Å². The second-order valence-electron chi connectivity index (χ2n) is 2.68. The maximum atomic E-state index is 11.3. The van der Waals surface area contributed by atoms with E-state index in [2.05, 4.69) is 17.1 Å². The van der Waals surface area contributed by atoms with Crippen molar-refractivity contribution in [1.82, 2.24) is 4.98 Å². The molecule has 13 heavy (non-hydrogen) atoms. The van der Waals surface area contributed by atoms with Gasteiger partial charge in [-0.25, -0.2) is 0 Å². The highest BCUT2D eigenvalue weighted by molar-refractivity contribution is 5.79. The summed E-state index contributed by atoms with van der Waals surface area (Å²) in [4.78, 5) is 14.2. The van der Waals surface area contributed by atoms with Gasteiger partial charge < -0.3 is 4.98 Å². The number of hydrogen-bond donors (Lipinski definition) is 1. The van der Waals surface area contributed by atoms with Crippen LogP contribution in [0, 0.1) is 18.5 Å². The van der Waals surface area contributed by atoms with Gasteiger partial charge >= 0.3 is 0 Å². The minimum Gasteiger partial charge on any atom is -0.353 e. The third kappa shape index (κ3) is 1.21. The highest BCUT2D eigenvalue weighted by Crippen LogP contribution is 2.08. The van der Waals surface area contributed by atoms with Crippen LogP contribution in [0.1, 0.15) is 5.56 Å². The fourth-order valence-electron chi connectivity index (χ4n) is 1.20. The Morgan fingerprint density at radius 1 is 1.46 bits per heavy atom. The molecule has 2 heteroatoms. The van der Waals surface area contributed by atoms with Crippen molar-refractivity contribution in [3.05, 3.63) is 46.2 Å². The number of terminal acetylenes is 1. The van der Waals surface area contributed by atoms with Crippen LogP contribution in [0.25, 0.3) is 10.9 Å². The van der Waals surface area contributed by atoms with E-state index >= 15 is 0 Å². The second kappa shape index (κ2) is 2.80. The first-order chi connectivity index (χ1) is 6.31. The number of nitrogens with one attached hydrogen (secondary N) is 1. The molecule has 0 aliphatic carbocycles. The molecule has 0 aliphatic rings. The molecule has 1 aromatic carbocycles. The lowest BCUT2D eigenvalue weighted by atomic mass is 10.1. The number of hydrogen-bond acceptors (Lipinski definition) is 1. The Bertz CT molecular complexity index is 546. The summed E-state index contributed by atoms with van der Waals surface area (Å²) in [6, 6.07) is 6.62. The lowest BCUT2D eigenvalue weighted by Crippen LogP contribution is -2.00. The van der Waals surface area contributed by atoms with Gasteiger partial charge in [0.1, 0.15) is 0 Å². The number of aromatic amines is 1. The minimum absolute atomic E-state index is 0.0640. The van der Waals surface area contributed by atoms with Gasteiger partial charge in [0.15, 0.2) is 5.43 Å². The average molecular weight is 168 g/mol. The van der Waals surface area contributed by atoms with E-state index in [1.807, 2.05) is 0 Å². The van der Waals surface area contributed by atoms with Gasteiger partial charge in [-0.05, 0) is 18.2 Å². The molecule has 0 fully saturated rings. The molecule has 0 unspecified atom stereocenters. The first kappa shape index (κ1) is 7.63. The molecule has 2 aromatic rings. The van der Waals surface area contributed by atoms with Crippen LogP contribution >= 0.6 is 0 Å². The number of fused-ring (bicyclic) bond motifs is 1. The molecule has 2 rings (SSSR count). The zero-order valence-electron chi connectivity index (χ0n) is 6.79. The van der Waals surface area contributed by atoms with Gasteiger partial charge in [-0.1, -0.05) is 5.92 Å². The highest BCUT2D eigenvalue weighted by atomic mass is 16.1. The molecule has 0 atom stereocenters. The van der Waals surface area contributed by atoms with Crippen molar-refractivity contribution < 1.29 is 0 Å². The van der Waals surface area contributed by atoms with Crippen LogP contribution in [-0.4, -0.2) is 4.98 Å². The van der Waals surface area contributed by atoms with Crippen molar-refractivity contribution in [3.8, 4) is 12.3 Å². The van der Waals surface area contributed by atoms with E-state index in [1.165, 1.54) is 6.07 Å². The number of aromatic nitrogens is 1. The number of rotatable bonds is 0. The first-order valence-electron chi connectivity index (χ1n) is 3.81. The predicted molar refractivity (Wildman–Crippen MR) is 51.3 cm³/mol. The zero-order valence-corrected chi connectivity index (χ0v) is 6.79. The first-order valence-corrected chi connectivity index (χ1v) is 3.81. The van der Waals surface area contributed by atoms with Gasteiger partial charge in [0.25, 0.3) is 0 Å². The Kier molecular flexibility index (Phi) is 1.64. The summed E-state index contributed by atoms with van der Waals surface area (Å²) in [5.74, 6) is 2.48. The van der Waals surface area contributed by atoms with Crippen LogP contribution in [0.4, 0.5) is 0 Å². The predicted octanol–water partition coefficient (Wildman–Crippen LogP) is 1.31. The van der Waals surface area contributed by atoms with E-state index in [0.29, 0.717) is 10.9 Å². The molecule has 1 heterocycles. The molecule has 0 saturated carbocycles. The third-order valence-corrected chi connectivity index (χ3v) is 1.86. The van der Waals surface area contributed by atoms with Crippen molar-refractivity contribution in [2.24, 2.45) is 0 Å². The lowest BCUT2D eigenvalue weighted by Gasteiger charge is -1.96. The van der Waals surface area contributed by atoms with Crippen LogP contribution in [-0.2, 0) is 0 Å². The van der Waals surface area contributed by atoms with Gasteiger partial charge in [0.2, 0.25) is 0 Å². The molecule has 1 aromatic heterocycles. The van der Waals surface area contributed by atoms with Crippen molar-refractivity contribution >= 4 is 10.9 Å². The van der Waals surface area contributed by atoms with Crippen LogP contribution < -0.4 is 5.43 Å². The van der Waals surface area contributed by atoms with Gasteiger partial charge in [0.05, 0.1) is 6.20 Å². The average Bonchev–Trinajstić information content (AvgIpc) is 2.18. The van der Waals surface area contributed by atoms with Crippen molar-refractivity contribution in [3.63, 3.8) is 0 Å². The zero-order chi connectivity index (χ0) is 9.26. The summed E-state index contributed by atoms with van der Waals surface area (Å²) in [5, 5.41) is 0.606. The van der Waals surface area contributed by atoms with Gasteiger partial charge in [0, 0.05) is 22.5 Å². The maximum absolute atomic E-state index is 11.3. The van der Waals surface area contributed by atoms with E-state index in [0.717, 1.165) is 5.52 Å². The molecular formula is C11H6NO. The van der Waals surface area contributed by atoms with Crippen LogP contribution in [0.2, 0.25) is 0 Å². The van der Waals surface area contributed by atoms with Gasteiger partial charge in [-0.3, -0.25) is 4.79 Å². The van der Waals surface area contributed by atoms with Gasteiger partial charge in [-0.2, -0.15) is 0 Å². The Morgan fingerprint density at radius 2 is 2.31 bits per heavy atom. The lowest BCUT2D eigenvalue weighted by molar-refractivity contribution is 1.37. The van der Waals surface area contributed by atoms with E-state index in [1.54, 1.807) is 18.2 Å². The summed E-state index contributed by atoms with van der Waals surface area (Å²) in [6.07, 6.45) is 7.87. The van der Waals surface area contributed by atoms with Crippen LogP contribution in [0.15, 0.2) is 29.1 Å². The summed E-state index contributed by atoms with van der Waals surface area (Å²) in [6.45, 7) is 0. The molecule has 0 aliphatic heterocycles. The molecule has 2 nitrogen and oxygen atoms in total. The van der Waals surface area contributed by atoms with Crippen molar-refractivity contribution in [1.29, 1.82) is 0 Å². The fourth-order valence-corrected chi connectivity index (χ4v) is 1.20. The number of pyridine rings is 1. The Labute approximate surface area is 75.2 Å². The molecule has 1 radical (unpaired) electrons. The maximum Gasteiger partial charge on any atom is 0.190 e. The van der Waals surface area contributed by atoms with Gasteiger partial charge in [-0.15, -0.1) is 6.42 Å². The second-order valence-corrected chi connectivity index (χ2v) is 2.68. The third-order valence-electron chi connectivity index (χ3n) is 1.86. The summed E-state index contributed by atoms with van der Waals surface area (Å²) < 4.78 is 0. The Morgan fingerprint density at radius 3 is 3.08 bits per heavy atom. The smallest absolute Gasteiger partial charge is 0.190 e. The molecular weight excluding hydrogens is 162 g/mol. The molecule has 0 saturated heterocycles. The SMILES string of the molecule is C#Cc1ccc2[nH][c]cc(=O)c2c1. The number of benzene rings is 1. The highest BCUT2D eigenvalue weighted by Gasteiger charge is 1.97. The largest absolute Gasteiger partial charge is 0.353 e. The molecule has 61 valence electrons. The topological polar surface area (TPSA) is 32.9 Å². The molecule has 0 bridgehead atoms. The van der Waals surface area contributed by atoms with E-state index < -0.39 is 0 Å². The summed E-state index contributed by atoms with van der Waals surface area (Å²) in [7, 11) is 0. The Balaban J connectivity index is 2.92. The van der Waals surface area contributed by atoms with Crippen molar-refractivity contribution in [2.75, 3.05) is 0 Å². The minimum atomic E-state index is -0.0640. The monoisotopic (exact) mass is 168 g/mol.